The lowest BCUT2D eigenvalue weighted by atomic mass is 10.4. The number of amides is 1. The summed E-state index contributed by atoms with van der Waals surface area (Å²) >= 11 is 1.35. The summed E-state index contributed by atoms with van der Waals surface area (Å²) in [5.74, 6) is -1.65. The minimum Gasteiger partial charge on any atom is -0.478 e. The van der Waals surface area contributed by atoms with Crippen LogP contribution in [-0.2, 0) is 9.59 Å². The van der Waals surface area contributed by atoms with Gasteiger partial charge < -0.3 is 5.11 Å². The molecule has 0 saturated carbocycles. The molecule has 0 aliphatic carbocycles. The number of nitrogens with zero attached hydrogens (tertiary/aromatic N) is 1. The summed E-state index contributed by atoms with van der Waals surface area (Å²) < 4.78 is 0. The van der Waals surface area contributed by atoms with Gasteiger partial charge in [-0.25, -0.2) is 9.78 Å². The number of nitrogens with one attached hydrogen (secondary N) is 1. The molecule has 2 N–H and O–H groups in total. The SMILES string of the molecule is Cc1nc(NC(=O)/C=C/C(=O)O)sc1C. The first-order chi connectivity index (χ1) is 6.99. The lowest BCUT2D eigenvalue weighted by Gasteiger charge is -1.93. The molecular formula is C9H10N2O3S. The third-order valence-corrected chi connectivity index (χ3v) is 2.62. The number of thiazole rings is 1. The predicted molar refractivity (Wildman–Crippen MR) is 57.0 cm³/mol. The summed E-state index contributed by atoms with van der Waals surface area (Å²) in [6, 6.07) is 0. The van der Waals surface area contributed by atoms with Gasteiger partial charge in [-0.3, -0.25) is 10.1 Å². The smallest absolute Gasteiger partial charge is 0.328 e. The van der Waals surface area contributed by atoms with E-state index in [4.69, 9.17) is 5.11 Å². The van der Waals surface area contributed by atoms with Crippen LogP contribution in [0.15, 0.2) is 12.2 Å². The van der Waals surface area contributed by atoms with Gasteiger partial charge in [-0.15, -0.1) is 11.3 Å². The van der Waals surface area contributed by atoms with Crippen molar-refractivity contribution in [2.24, 2.45) is 0 Å². The number of aryl methyl sites for hydroxylation is 2. The fraction of sp³-hybridized carbons (Fsp3) is 0.222. The highest BCUT2D eigenvalue weighted by atomic mass is 32.1. The molecule has 1 aromatic rings. The lowest BCUT2D eigenvalue weighted by molar-refractivity contribution is -0.131. The summed E-state index contributed by atoms with van der Waals surface area (Å²) in [6.45, 7) is 3.74. The van der Waals surface area contributed by atoms with E-state index in [1.807, 2.05) is 13.8 Å². The first-order valence-electron chi connectivity index (χ1n) is 4.15. The topological polar surface area (TPSA) is 79.3 Å². The third-order valence-electron chi connectivity index (χ3n) is 1.64. The van der Waals surface area contributed by atoms with Crippen molar-refractivity contribution < 1.29 is 14.7 Å². The van der Waals surface area contributed by atoms with E-state index in [-0.39, 0.29) is 0 Å². The zero-order valence-corrected chi connectivity index (χ0v) is 9.09. The molecule has 1 aromatic heterocycles. The minimum absolute atomic E-state index is 0.477. The van der Waals surface area contributed by atoms with E-state index in [2.05, 4.69) is 10.3 Å². The second kappa shape index (κ2) is 4.70. The van der Waals surface area contributed by atoms with Gasteiger partial charge in [0.05, 0.1) is 5.69 Å². The first kappa shape index (κ1) is 11.4. The Morgan fingerprint density at radius 2 is 2.07 bits per heavy atom. The molecular weight excluding hydrogens is 216 g/mol. The zero-order chi connectivity index (χ0) is 11.4. The minimum atomic E-state index is -1.16. The van der Waals surface area contributed by atoms with Gasteiger partial charge in [0.1, 0.15) is 0 Å². The van der Waals surface area contributed by atoms with E-state index in [1.165, 1.54) is 11.3 Å². The van der Waals surface area contributed by atoms with Crippen LogP contribution in [0.1, 0.15) is 10.6 Å². The number of aliphatic carboxylic acids is 1. The number of aromatic nitrogens is 1. The van der Waals surface area contributed by atoms with Crippen LogP contribution in [0.2, 0.25) is 0 Å². The second-order valence-electron chi connectivity index (χ2n) is 2.82. The van der Waals surface area contributed by atoms with Crippen LogP contribution in [0.3, 0.4) is 0 Å². The number of rotatable bonds is 3. The molecule has 0 aliphatic heterocycles. The highest BCUT2D eigenvalue weighted by molar-refractivity contribution is 7.15. The number of anilines is 1. The quantitative estimate of drug-likeness (QED) is 0.762. The summed E-state index contributed by atoms with van der Waals surface area (Å²) in [6.07, 6.45) is 1.73. The van der Waals surface area contributed by atoms with Crippen LogP contribution in [0.5, 0.6) is 0 Å². The number of carbonyl (C=O) groups excluding carboxylic acids is 1. The van der Waals surface area contributed by atoms with E-state index in [0.29, 0.717) is 5.13 Å². The Hall–Kier alpha value is -1.69. The van der Waals surface area contributed by atoms with Gasteiger partial charge in [-0.1, -0.05) is 0 Å². The van der Waals surface area contributed by atoms with Crippen molar-refractivity contribution >= 4 is 28.3 Å². The fourth-order valence-electron chi connectivity index (χ4n) is 0.820. The standard InChI is InChI=1S/C9H10N2O3S/c1-5-6(2)15-9(10-5)11-7(12)3-4-8(13)14/h3-4H,1-2H3,(H,13,14)(H,10,11,12)/b4-3+. The van der Waals surface area contributed by atoms with E-state index in [0.717, 1.165) is 22.7 Å². The van der Waals surface area contributed by atoms with Gasteiger partial charge in [0.15, 0.2) is 5.13 Å². The van der Waals surface area contributed by atoms with Gasteiger partial charge in [0.25, 0.3) is 0 Å². The highest BCUT2D eigenvalue weighted by Crippen LogP contribution is 2.20. The number of carbonyl (C=O) groups is 2. The van der Waals surface area contributed by atoms with E-state index >= 15 is 0 Å². The summed E-state index contributed by atoms with van der Waals surface area (Å²) in [7, 11) is 0. The van der Waals surface area contributed by atoms with Crippen LogP contribution in [0.4, 0.5) is 5.13 Å². The van der Waals surface area contributed by atoms with Crippen molar-refractivity contribution in [3.05, 3.63) is 22.7 Å². The maximum Gasteiger partial charge on any atom is 0.328 e. The Morgan fingerprint density at radius 1 is 1.40 bits per heavy atom. The van der Waals surface area contributed by atoms with Gasteiger partial charge >= 0.3 is 5.97 Å². The molecule has 1 amide bonds. The normalized spacial score (nSPS) is 10.5. The number of carboxylic acids is 1. The molecule has 1 rings (SSSR count). The molecule has 0 bridgehead atoms. The number of hydrogen-bond acceptors (Lipinski definition) is 4. The maximum absolute atomic E-state index is 11.1. The molecule has 0 atom stereocenters. The molecule has 6 heteroatoms. The third kappa shape index (κ3) is 3.51. The molecule has 0 saturated heterocycles. The van der Waals surface area contributed by atoms with Crippen molar-refractivity contribution in [2.75, 3.05) is 5.32 Å². The Balaban J connectivity index is 2.63. The van der Waals surface area contributed by atoms with E-state index in [1.54, 1.807) is 0 Å². The van der Waals surface area contributed by atoms with E-state index < -0.39 is 11.9 Å². The zero-order valence-electron chi connectivity index (χ0n) is 8.27. The van der Waals surface area contributed by atoms with Crippen molar-refractivity contribution in [1.29, 1.82) is 0 Å². The van der Waals surface area contributed by atoms with Crippen LogP contribution in [-0.4, -0.2) is 22.0 Å². The largest absolute Gasteiger partial charge is 0.478 e. The molecule has 0 aromatic carbocycles. The summed E-state index contributed by atoms with van der Waals surface area (Å²) in [4.78, 5) is 26.4. The predicted octanol–water partition coefficient (Wildman–Crippen LogP) is 1.34. The summed E-state index contributed by atoms with van der Waals surface area (Å²) in [5, 5.41) is 11.3. The van der Waals surface area contributed by atoms with Crippen molar-refractivity contribution in [1.82, 2.24) is 4.98 Å². The molecule has 0 radical (unpaired) electrons. The van der Waals surface area contributed by atoms with Gasteiger partial charge in [0.2, 0.25) is 5.91 Å². The monoisotopic (exact) mass is 226 g/mol. The molecule has 80 valence electrons. The van der Waals surface area contributed by atoms with Crippen LogP contribution >= 0.6 is 11.3 Å². The molecule has 0 aliphatic rings. The van der Waals surface area contributed by atoms with Crippen LogP contribution < -0.4 is 5.32 Å². The number of carboxylic acid groups (broad SMARTS) is 1. The van der Waals surface area contributed by atoms with Gasteiger partial charge in [0, 0.05) is 17.0 Å². The van der Waals surface area contributed by atoms with Gasteiger partial charge in [-0.05, 0) is 13.8 Å². The average molecular weight is 226 g/mol. The average Bonchev–Trinajstić information content (AvgIpc) is 2.42. The fourth-order valence-corrected chi connectivity index (χ4v) is 1.64. The Labute approximate surface area is 90.5 Å². The highest BCUT2D eigenvalue weighted by Gasteiger charge is 2.05. The summed E-state index contributed by atoms with van der Waals surface area (Å²) in [5.41, 5.74) is 0.859. The molecule has 0 unspecified atom stereocenters. The first-order valence-corrected chi connectivity index (χ1v) is 4.96. The van der Waals surface area contributed by atoms with E-state index in [9.17, 15) is 9.59 Å². The van der Waals surface area contributed by atoms with Crippen molar-refractivity contribution in [2.45, 2.75) is 13.8 Å². The Bertz CT molecular complexity index is 403. The van der Waals surface area contributed by atoms with Crippen molar-refractivity contribution in [3.63, 3.8) is 0 Å². The lowest BCUT2D eigenvalue weighted by Crippen LogP contribution is -2.08. The van der Waals surface area contributed by atoms with Gasteiger partial charge in [-0.2, -0.15) is 0 Å². The van der Waals surface area contributed by atoms with Crippen LogP contribution in [0, 0.1) is 13.8 Å². The molecule has 1 heterocycles. The number of hydrogen-bond donors (Lipinski definition) is 2. The molecule has 0 fully saturated rings. The molecule has 15 heavy (non-hydrogen) atoms. The maximum atomic E-state index is 11.1. The van der Waals surface area contributed by atoms with Crippen LogP contribution in [0.25, 0.3) is 0 Å². The van der Waals surface area contributed by atoms with Crippen molar-refractivity contribution in [3.8, 4) is 0 Å². The second-order valence-corrected chi connectivity index (χ2v) is 4.02. The Morgan fingerprint density at radius 3 is 2.53 bits per heavy atom. The Kier molecular flexibility index (Phi) is 3.56. The molecule has 0 spiro atoms. The molecule has 5 nitrogen and oxygen atoms in total.